The SMILES string of the molecule is COc1c(C)c2c(c(C)c1C1(CN)CCCCC1)CCCC2. The summed E-state index contributed by atoms with van der Waals surface area (Å²) in [6.45, 7) is 5.34. The van der Waals surface area contributed by atoms with E-state index in [0.717, 1.165) is 12.3 Å². The molecule has 1 aromatic rings. The Labute approximate surface area is 135 Å². The van der Waals surface area contributed by atoms with E-state index in [2.05, 4.69) is 13.8 Å². The Morgan fingerprint density at radius 3 is 2.05 bits per heavy atom. The lowest BCUT2D eigenvalue weighted by molar-refractivity contribution is 0.285. The largest absolute Gasteiger partial charge is 0.496 e. The second-order valence-electron chi connectivity index (χ2n) is 7.37. The van der Waals surface area contributed by atoms with E-state index in [1.165, 1.54) is 74.5 Å². The quantitative estimate of drug-likeness (QED) is 0.900. The van der Waals surface area contributed by atoms with Gasteiger partial charge in [-0.25, -0.2) is 0 Å². The predicted molar refractivity (Wildman–Crippen MR) is 92.9 cm³/mol. The van der Waals surface area contributed by atoms with Crippen LogP contribution in [0.15, 0.2) is 0 Å². The van der Waals surface area contributed by atoms with Crippen LogP contribution in [0, 0.1) is 13.8 Å². The van der Waals surface area contributed by atoms with Crippen molar-refractivity contribution in [2.24, 2.45) is 5.73 Å². The summed E-state index contributed by atoms with van der Waals surface area (Å²) in [6.07, 6.45) is 11.5. The molecule has 122 valence electrons. The van der Waals surface area contributed by atoms with E-state index in [-0.39, 0.29) is 5.41 Å². The fourth-order valence-corrected chi connectivity index (χ4v) is 5.06. The molecule has 0 bridgehead atoms. The molecule has 0 amide bonds. The van der Waals surface area contributed by atoms with Crippen LogP contribution < -0.4 is 10.5 Å². The number of benzene rings is 1. The van der Waals surface area contributed by atoms with Gasteiger partial charge in [0.25, 0.3) is 0 Å². The summed E-state index contributed by atoms with van der Waals surface area (Å²) in [5, 5.41) is 0. The van der Waals surface area contributed by atoms with Gasteiger partial charge in [-0.05, 0) is 74.6 Å². The molecule has 2 nitrogen and oxygen atoms in total. The van der Waals surface area contributed by atoms with Crippen molar-refractivity contribution in [1.29, 1.82) is 0 Å². The number of hydrogen-bond donors (Lipinski definition) is 1. The minimum absolute atomic E-state index is 0.144. The van der Waals surface area contributed by atoms with Crippen LogP contribution in [0.5, 0.6) is 5.75 Å². The maximum atomic E-state index is 6.33. The third kappa shape index (κ3) is 2.36. The van der Waals surface area contributed by atoms with Crippen LogP contribution in [0.25, 0.3) is 0 Å². The van der Waals surface area contributed by atoms with Crippen molar-refractivity contribution in [2.45, 2.75) is 77.0 Å². The van der Waals surface area contributed by atoms with Crippen LogP contribution >= 0.6 is 0 Å². The zero-order valence-electron chi connectivity index (χ0n) is 14.6. The van der Waals surface area contributed by atoms with Gasteiger partial charge in [-0.1, -0.05) is 19.3 Å². The smallest absolute Gasteiger partial charge is 0.126 e. The van der Waals surface area contributed by atoms with Gasteiger partial charge < -0.3 is 10.5 Å². The molecule has 0 saturated heterocycles. The zero-order chi connectivity index (χ0) is 15.7. The van der Waals surface area contributed by atoms with Gasteiger partial charge in [-0.2, -0.15) is 0 Å². The molecule has 0 aromatic heterocycles. The van der Waals surface area contributed by atoms with Crippen LogP contribution in [0.2, 0.25) is 0 Å². The number of methoxy groups -OCH3 is 1. The van der Waals surface area contributed by atoms with Crippen LogP contribution in [0.1, 0.15) is 72.8 Å². The number of ether oxygens (including phenoxy) is 1. The lowest BCUT2D eigenvalue weighted by Crippen LogP contribution is -2.38. The molecule has 0 unspecified atom stereocenters. The van der Waals surface area contributed by atoms with E-state index < -0.39 is 0 Å². The van der Waals surface area contributed by atoms with Crippen molar-refractivity contribution in [3.8, 4) is 5.75 Å². The monoisotopic (exact) mass is 301 g/mol. The standard InChI is InChI=1S/C20H31NO/c1-14-16-9-5-6-10-17(16)15(2)19(22-3)18(14)20(13-21)11-7-4-8-12-20/h4-13,21H2,1-3H3. The predicted octanol–water partition coefficient (Wildman–Crippen LogP) is 4.35. The number of hydrogen-bond acceptors (Lipinski definition) is 2. The Kier molecular flexibility index (Phi) is 4.49. The van der Waals surface area contributed by atoms with E-state index in [0.29, 0.717) is 0 Å². The van der Waals surface area contributed by atoms with Gasteiger partial charge in [0.1, 0.15) is 5.75 Å². The van der Waals surface area contributed by atoms with Gasteiger partial charge in [0, 0.05) is 17.5 Å². The van der Waals surface area contributed by atoms with Gasteiger partial charge in [0.2, 0.25) is 0 Å². The Bertz CT molecular complexity index is 556. The Morgan fingerprint density at radius 1 is 0.909 bits per heavy atom. The summed E-state index contributed by atoms with van der Waals surface area (Å²) in [7, 11) is 1.84. The molecule has 2 aliphatic carbocycles. The maximum absolute atomic E-state index is 6.33. The van der Waals surface area contributed by atoms with Crippen LogP contribution in [0.4, 0.5) is 0 Å². The molecule has 0 heterocycles. The molecule has 0 aliphatic heterocycles. The molecule has 2 heteroatoms. The summed E-state index contributed by atoms with van der Waals surface area (Å²) >= 11 is 0. The molecule has 1 aromatic carbocycles. The molecule has 0 spiro atoms. The molecular formula is C20H31NO. The number of nitrogens with two attached hydrogens (primary N) is 1. The van der Waals surface area contributed by atoms with E-state index in [9.17, 15) is 0 Å². The van der Waals surface area contributed by atoms with Crippen molar-refractivity contribution < 1.29 is 4.74 Å². The Hall–Kier alpha value is -1.02. The summed E-state index contributed by atoms with van der Waals surface area (Å²) in [6, 6.07) is 0. The minimum atomic E-state index is 0.144. The zero-order valence-corrected chi connectivity index (χ0v) is 14.6. The van der Waals surface area contributed by atoms with Gasteiger partial charge >= 0.3 is 0 Å². The van der Waals surface area contributed by atoms with E-state index >= 15 is 0 Å². The lowest BCUT2D eigenvalue weighted by Gasteiger charge is -2.40. The molecule has 2 N–H and O–H groups in total. The summed E-state index contributed by atoms with van der Waals surface area (Å²) in [5.41, 5.74) is 14.0. The third-order valence-electron chi connectivity index (χ3n) is 6.25. The highest BCUT2D eigenvalue weighted by atomic mass is 16.5. The molecule has 0 atom stereocenters. The molecule has 0 radical (unpaired) electrons. The van der Waals surface area contributed by atoms with Crippen LogP contribution in [-0.2, 0) is 18.3 Å². The molecular weight excluding hydrogens is 270 g/mol. The number of fused-ring (bicyclic) bond motifs is 1. The lowest BCUT2D eigenvalue weighted by atomic mass is 9.66. The van der Waals surface area contributed by atoms with E-state index in [4.69, 9.17) is 10.5 Å². The average Bonchev–Trinajstić information content (AvgIpc) is 2.58. The highest BCUT2D eigenvalue weighted by Gasteiger charge is 2.38. The second-order valence-corrected chi connectivity index (χ2v) is 7.37. The molecule has 1 saturated carbocycles. The highest BCUT2D eigenvalue weighted by molar-refractivity contribution is 5.58. The van der Waals surface area contributed by atoms with Gasteiger partial charge in [0.15, 0.2) is 0 Å². The van der Waals surface area contributed by atoms with Crippen molar-refractivity contribution in [1.82, 2.24) is 0 Å². The molecule has 2 aliphatic rings. The maximum Gasteiger partial charge on any atom is 0.126 e. The van der Waals surface area contributed by atoms with Crippen molar-refractivity contribution in [2.75, 3.05) is 13.7 Å². The molecule has 3 rings (SSSR count). The van der Waals surface area contributed by atoms with Crippen molar-refractivity contribution >= 4 is 0 Å². The third-order valence-corrected chi connectivity index (χ3v) is 6.25. The summed E-state index contributed by atoms with van der Waals surface area (Å²) in [5.74, 6) is 1.14. The topological polar surface area (TPSA) is 35.2 Å². The Balaban J connectivity index is 2.23. The number of rotatable bonds is 3. The first kappa shape index (κ1) is 15.9. The normalized spacial score (nSPS) is 20.5. The van der Waals surface area contributed by atoms with Gasteiger partial charge in [0.05, 0.1) is 7.11 Å². The fourth-order valence-electron chi connectivity index (χ4n) is 5.06. The van der Waals surface area contributed by atoms with Gasteiger partial charge in [-0.15, -0.1) is 0 Å². The summed E-state index contributed by atoms with van der Waals surface area (Å²) in [4.78, 5) is 0. The summed E-state index contributed by atoms with van der Waals surface area (Å²) < 4.78 is 5.95. The van der Waals surface area contributed by atoms with Crippen molar-refractivity contribution in [3.63, 3.8) is 0 Å². The first-order valence-electron chi connectivity index (χ1n) is 9.04. The molecule has 22 heavy (non-hydrogen) atoms. The second kappa shape index (κ2) is 6.23. The minimum Gasteiger partial charge on any atom is -0.496 e. The Morgan fingerprint density at radius 2 is 1.50 bits per heavy atom. The molecule has 1 fully saturated rings. The van der Waals surface area contributed by atoms with Crippen molar-refractivity contribution in [3.05, 3.63) is 27.8 Å². The van der Waals surface area contributed by atoms with E-state index in [1.807, 2.05) is 7.11 Å². The average molecular weight is 301 g/mol. The van der Waals surface area contributed by atoms with Crippen LogP contribution in [-0.4, -0.2) is 13.7 Å². The highest BCUT2D eigenvalue weighted by Crippen LogP contribution is 2.48. The van der Waals surface area contributed by atoms with E-state index in [1.54, 1.807) is 11.1 Å². The fraction of sp³-hybridized carbons (Fsp3) is 0.700. The van der Waals surface area contributed by atoms with Gasteiger partial charge in [-0.3, -0.25) is 0 Å². The first-order valence-corrected chi connectivity index (χ1v) is 9.04. The van der Waals surface area contributed by atoms with Crippen LogP contribution in [0.3, 0.4) is 0 Å². The first-order chi connectivity index (χ1) is 10.6.